The van der Waals surface area contributed by atoms with Crippen molar-refractivity contribution in [1.82, 2.24) is 4.98 Å². The van der Waals surface area contributed by atoms with Crippen molar-refractivity contribution in [2.75, 3.05) is 0 Å². The molecule has 1 aromatic carbocycles. The van der Waals surface area contributed by atoms with Gasteiger partial charge in [-0.2, -0.15) is 0 Å². The van der Waals surface area contributed by atoms with Gasteiger partial charge in [0.2, 0.25) is 0 Å². The first-order chi connectivity index (χ1) is 8.69. The first kappa shape index (κ1) is 12.9. The second-order valence-electron chi connectivity index (χ2n) is 4.30. The van der Waals surface area contributed by atoms with Crippen LogP contribution in [0.3, 0.4) is 0 Å². The van der Waals surface area contributed by atoms with Crippen molar-refractivity contribution in [2.45, 2.75) is 26.3 Å². The van der Waals surface area contributed by atoms with Gasteiger partial charge in [-0.05, 0) is 32.0 Å². The highest BCUT2D eigenvalue weighted by Gasteiger charge is 2.04. The first-order valence-electron chi connectivity index (χ1n) is 5.90. The summed E-state index contributed by atoms with van der Waals surface area (Å²) in [5.74, 6) is 1.29. The molecule has 18 heavy (non-hydrogen) atoms. The summed E-state index contributed by atoms with van der Waals surface area (Å²) in [5, 5.41) is 0. The lowest BCUT2D eigenvalue weighted by Gasteiger charge is -2.10. The number of halogens is 1. The Bertz CT molecular complexity index is 540. The number of hydrogen-bond donors (Lipinski definition) is 0. The van der Waals surface area contributed by atoms with Gasteiger partial charge < -0.3 is 4.74 Å². The van der Waals surface area contributed by atoms with Gasteiger partial charge in [0, 0.05) is 11.3 Å². The Kier molecular flexibility index (Phi) is 4.21. The van der Waals surface area contributed by atoms with Crippen LogP contribution in [0.15, 0.2) is 36.4 Å². The van der Waals surface area contributed by atoms with Crippen LogP contribution in [-0.4, -0.2) is 4.98 Å². The fourth-order valence-electron chi connectivity index (χ4n) is 1.79. The molecule has 0 N–H and O–H groups in total. The minimum absolute atomic E-state index is 0.457. The number of benzene rings is 1. The molecule has 0 aliphatic carbocycles. The molecule has 0 saturated carbocycles. The average molecular weight is 262 g/mol. The van der Waals surface area contributed by atoms with Crippen LogP contribution in [0.25, 0.3) is 0 Å². The van der Waals surface area contributed by atoms with Crippen molar-refractivity contribution >= 4 is 11.6 Å². The summed E-state index contributed by atoms with van der Waals surface area (Å²) in [5.41, 5.74) is 4.13. The monoisotopic (exact) mass is 261 g/mol. The van der Waals surface area contributed by atoms with E-state index in [2.05, 4.69) is 4.98 Å². The SMILES string of the molecule is Cc1ccc(OCc2cccc(C)n2)c(CCl)c1. The van der Waals surface area contributed by atoms with E-state index in [1.54, 1.807) is 0 Å². The number of ether oxygens (including phenoxy) is 1. The van der Waals surface area contributed by atoms with Crippen molar-refractivity contribution in [3.05, 3.63) is 58.9 Å². The lowest BCUT2D eigenvalue weighted by atomic mass is 10.1. The van der Waals surface area contributed by atoms with Crippen LogP contribution in [0.4, 0.5) is 0 Å². The zero-order chi connectivity index (χ0) is 13.0. The molecule has 94 valence electrons. The summed E-state index contributed by atoms with van der Waals surface area (Å²) < 4.78 is 5.78. The Morgan fingerprint density at radius 2 is 2.00 bits per heavy atom. The molecule has 0 saturated heterocycles. The van der Waals surface area contributed by atoms with E-state index in [4.69, 9.17) is 16.3 Å². The van der Waals surface area contributed by atoms with Gasteiger partial charge in [0.15, 0.2) is 0 Å². The van der Waals surface area contributed by atoms with Gasteiger partial charge in [-0.3, -0.25) is 4.98 Å². The molecule has 3 heteroatoms. The molecule has 0 aliphatic heterocycles. The van der Waals surface area contributed by atoms with E-state index < -0.39 is 0 Å². The van der Waals surface area contributed by atoms with Crippen molar-refractivity contribution in [3.63, 3.8) is 0 Å². The van der Waals surface area contributed by atoms with E-state index in [0.717, 1.165) is 22.7 Å². The first-order valence-corrected chi connectivity index (χ1v) is 6.43. The van der Waals surface area contributed by atoms with Crippen LogP contribution in [0.2, 0.25) is 0 Å². The number of aryl methyl sites for hydroxylation is 2. The van der Waals surface area contributed by atoms with E-state index in [0.29, 0.717) is 12.5 Å². The standard InChI is InChI=1S/C15H16ClNO/c1-11-6-7-15(13(8-11)9-16)18-10-14-5-3-4-12(2)17-14/h3-8H,9-10H2,1-2H3. The maximum absolute atomic E-state index is 5.92. The smallest absolute Gasteiger partial charge is 0.130 e. The summed E-state index contributed by atoms with van der Waals surface area (Å²) in [6.07, 6.45) is 0. The normalized spacial score (nSPS) is 10.4. The third kappa shape index (κ3) is 3.23. The molecule has 0 bridgehead atoms. The van der Waals surface area contributed by atoms with Crippen molar-refractivity contribution < 1.29 is 4.74 Å². The van der Waals surface area contributed by atoms with Crippen LogP contribution in [0, 0.1) is 13.8 Å². The van der Waals surface area contributed by atoms with Crippen LogP contribution in [0.1, 0.15) is 22.5 Å². The fourth-order valence-corrected chi connectivity index (χ4v) is 1.99. The number of aromatic nitrogens is 1. The summed E-state index contributed by atoms with van der Waals surface area (Å²) in [7, 11) is 0. The second kappa shape index (κ2) is 5.87. The summed E-state index contributed by atoms with van der Waals surface area (Å²) in [6.45, 7) is 4.48. The predicted molar refractivity (Wildman–Crippen MR) is 74.0 cm³/mol. The van der Waals surface area contributed by atoms with Gasteiger partial charge in [-0.15, -0.1) is 11.6 Å². The van der Waals surface area contributed by atoms with Crippen LogP contribution in [0.5, 0.6) is 5.75 Å². The van der Waals surface area contributed by atoms with Gasteiger partial charge in [-0.1, -0.05) is 23.8 Å². The minimum atomic E-state index is 0.457. The minimum Gasteiger partial charge on any atom is -0.487 e. The molecule has 2 nitrogen and oxygen atoms in total. The van der Waals surface area contributed by atoms with Crippen molar-refractivity contribution in [1.29, 1.82) is 0 Å². The molecule has 2 rings (SSSR count). The summed E-state index contributed by atoms with van der Waals surface area (Å²) >= 11 is 5.92. The van der Waals surface area contributed by atoms with Gasteiger partial charge in [0.05, 0.1) is 11.6 Å². The quantitative estimate of drug-likeness (QED) is 0.776. The van der Waals surface area contributed by atoms with Crippen molar-refractivity contribution in [2.24, 2.45) is 0 Å². The predicted octanol–water partition coefficient (Wildman–Crippen LogP) is 4.02. The number of alkyl halides is 1. The molecule has 0 atom stereocenters. The van der Waals surface area contributed by atoms with Gasteiger partial charge >= 0.3 is 0 Å². The second-order valence-corrected chi connectivity index (χ2v) is 4.57. The third-order valence-corrected chi connectivity index (χ3v) is 2.97. The Morgan fingerprint density at radius 3 is 2.72 bits per heavy atom. The third-order valence-electron chi connectivity index (χ3n) is 2.68. The Labute approximate surface area is 113 Å². The van der Waals surface area contributed by atoms with Crippen LogP contribution in [-0.2, 0) is 12.5 Å². The molecule has 2 aromatic rings. The molecular weight excluding hydrogens is 246 g/mol. The van der Waals surface area contributed by atoms with E-state index in [1.165, 1.54) is 5.56 Å². The highest BCUT2D eigenvalue weighted by Crippen LogP contribution is 2.22. The Balaban J connectivity index is 2.10. The zero-order valence-electron chi connectivity index (χ0n) is 10.6. The molecule has 0 fully saturated rings. The Morgan fingerprint density at radius 1 is 1.17 bits per heavy atom. The molecule has 0 spiro atoms. The highest BCUT2D eigenvalue weighted by molar-refractivity contribution is 6.17. The topological polar surface area (TPSA) is 22.1 Å². The van der Waals surface area contributed by atoms with Crippen molar-refractivity contribution in [3.8, 4) is 5.75 Å². The largest absolute Gasteiger partial charge is 0.487 e. The van der Waals surface area contributed by atoms with Gasteiger partial charge in [-0.25, -0.2) is 0 Å². The van der Waals surface area contributed by atoms with E-state index >= 15 is 0 Å². The highest BCUT2D eigenvalue weighted by atomic mass is 35.5. The average Bonchev–Trinajstić information content (AvgIpc) is 2.37. The number of rotatable bonds is 4. The molecule has 1 aromatic heterocycles. The van der Waals surface area contributed by atoms with E-state index in [9.17, 15) is 0 Å². The lowest BCUT2D eigenvalue weighted by molar-refractivity contribution is 0.298. The Hall–Kier alpha value is -1.54. The van der Waals surface area contributed by atoms with Gasteiger partial charge in [0.25, 0.3) is 0 Å². The number of hydrogen-bond acceptors (Lipinski definition) is 2. The lowest BCUT2D eigenvalue weighted by Crippen LogP contribution is -2.01. The molecule has 0 unspecified atom stereocenters. The number of nitrogens with zero attached hydrogens (tertiary/aromatic N) is 1. The van der Waals surface area contributed by atoms with Gasteiger partial charge in [0.1, 0.15) is 12.4 Å². The van der Waals surface area contributed by atoms with Crippen LogP contribution < -0.4 is 4.74 Å². The zero-order valence-corrected chi connectivity index (χ0v) is 11.4. The summed E-state index contributed by atoms with van der Waals surface area (Å²) in [4.78, 5) is 4.40. The fraction of sp³-hybridized carbons (Fsp3) is 0.267. The molecule has 0 aliphatic rings. The maximum atomic E-state index is 5.92. The molecular formula is C15H16ClNO. The number of pyridine rings is 1. The maximum Gasteiger partial charge on any atom is 0.130 e. The van der Waals surface area contributed by atoms with E-state index in [-0.39, 0.29) is 0 Å². The molecule has 0 radical (unpaired) electrons. The van der Waals surface area contributed by atoms with E-state index in [1.807, 2.05) is 50.2 Å². The summed E-state index contributed by atoms with van der Waals surface area (Å²) in [6, 6.07) is 11.9. The van der Waals surface area contributed by atoms with Crippen LogP contribution >= 0.6 is 11.6 Å². The molecule has 1 heterocycles. The molecule has 0 amide bonds.